The Hall–Kier alpha value is -3.20. The van der Waals surface area contributed by atoms with Gasteiger partial charge in [0, 0.05) is 47.0 Å². The summed E-state index contributed by atoms with van der Waals surface area (Å²) in [6.07, 6.45) is -0.692. The highest BCUT2D eigenvalue weighted by Crippen LogP contribution is 2.31. The molecule has 1 aromatic carbocycles. The van der Waals surface area contributed by atoms with Gasteiger partial charge >= 0.3 is 0 Å². The van der Waals surface area contributed by atoms with E-state index in [-0.39, 0.29) is 79.0 Å². The monoisotopic (exact) mass is 753 g/mol. The predicted molar refractivity (Wildman–Crippen MR) is 200 cm³/mol. The number of rotatable bonds is 21. The van der Waals surface area contributed by atoms with Crippen LogP contribution in [-0.4, -0.2) is 124 Å². The number of methoxy groups -OCH3 is 3. The van der Waals surface area contributed by atoms with Crippen molar-refractivity contribution in [2.75, 3.05) is 48.5 Å². The number of carbonyl (C=O) groups excluding carboxylic acids is 4. The first-order chi connectivity index (χ1) is 25.0. The molecule has 1 saturated heterocycles. The quantitative estimate of drug-likeness (QED) is 0.174. The van der Waals surface area contributed by atoms with E-state index >= 15 is 0 Å². The van der Waals surface area contributed by atoms with Crippen molar-refractivity contribution in [1.29, 1.82) is 0 Å². The fourth-order valence-corrected chi connectivity index (χ4v) is 7.44. The second-order valence-corrected chi connectivity index (χ2v) is 15.0. The zero-order chi connectivity index (χ0) is 40.2. The van der Waals surface area contributed by atoms with Crippen molar-refractivity contribution in [3.63, 3.8) is 0 Å². The van der Waals surface area contributed by atoms with Crippen molar-refractivity contribution >= 4 is 23.6 Å². The second kappa shape index (κ2) is 21.6. The largest absolute Gasteiger partial charge is 0.380 e. The molecular formula is C39H65F2N5O7. The van der Waals surface area contributed by atoms with Gasteiger partial charge in [-0.05, 0) is 49.8 Å². The van der Waals surface area contributed by atoms with E-state index in [2.05, 4.69) is 16.0 Å². The van der Waals surface area contributed by atoms with Crippen molar-refractivity contribution in [2.24, 2.45) is 23.7 Å². The summed E-state index contributed by atoms with van der Waals surface area (Å²) >= 11 is 0. The topological polar surface area (TPSA) is 139 Å². The third-order valence-electron chi connectivity index (χ3n) is 10.8. The normalized spacial score (nSPS) is 20.0. The predicted octanol–water partition coefficient (Wildman–Crippen LogP) is 3.55. The number of halogens is 2. The van der Waals surface area contributed by atoms with Gasteiger partial charge in [0.15, 0.2) is 0 Å². The van der Waals surface area contributed by atoms with Crippen LogP contribution in [0.3, 0.4) is 0 Å². The molecule has 0 aliphatic carbocycles. The van der Waals surface area contributed by atoms with Gasteiger partial charge in [0.25, 0.3) is 0 Å². The first-order valence-electron chi connectivity index (χ1n) is 18.8. The van der Waals surface area contributed by atoms with Crippen LogP contribution in [0.4, 0.5) is 8.78 Å². The van der Waals surface area contributed by atoms with Crippen molar-refractivity contribution in [3.05, 3.63) is 35.4 Å². The molecule has 2 rings (SSSR count). The summed E-state index contributed by atoms with van der Waals surface area (Å²) in [6.45, 7) is 13.6. The number of amides is 4. The van der Waals surface area contributed by atoms with Crippen LogP contribution < -0.4 is 16.0 Å². The standard InChI is InChI=1S/C39H65F2N5O7/c1-13-24(6)35(45(9)39(50)34(23(4)5)44-38(49)33(42-8)22(2)3)31(52-11)20-32(47)46-21-26(51-10)19-30(46)36(53-12)25(7)37(48)43-18-17-27-28(40)15-14-16-29(27)41/h14-16,22-26,30-31,33-36,42H,13,17-21H2,1-12H3,(H,43,48)(H,44,49)/t24-,25+,26+,30+,31+,33-,34-,35-,36+/m0/s1. The Morgan fingerprint density at radius 1 is 0.943 bits per heavy atom. The second-order valence-electron chi connectivity index (χ2n) is 15.0. The van der Waals surface area contributed by atoms with Gasteiger partial charge in [-0.1, -0.05) is 61.0 Å². The van der Waals surface area contributed by atoms with E-state index in [1.54, 1.807) is 37.9 Å². The Labute approximate surface area is 315 Å². The van der Waals surface area contributed by atoms with Crippen molar-refractivity contribution in [2.45, 2.75) is 117 Å². The first-order valence-corrected chi connectivity index (χ1v) is 18.8. The summed E-state index contributed by atoms with van der Waals surface area (Å²) in [6, 6.07) is 1.33. The maximum atomic E-state index is 14.3. The summed E-state index contributed by atoms with van der Waals surface area (Å²) in [7, 11) is 7.97. The van der Waals surface area contributed by atoms with Gasteiger partial charge in [0.2, 0.25) is 23.6 Å². The molecule has 0 unspecified atom stereocenters. The molecule has 1 aliphatic rings. The molecule has 1 heterocycles. The molecule has 14 heteroatoms. The Kier molecular flexibility index (Phi) is 18.8. The molecule has 0 aromatic heterocycles. The lowest BCUT2D eigenvalue weighted by atomic mass is 9.89. The van der Waals surface area contributed by atoms with Crippen LogP contribution in [0.1, 0.15) is 73.3 Å². The molecule has 3 N–H and O–H groups in total. The Balaban J connectivity index is 2.29. The average molecular weight is 754 g/mol. The summed E-state index contributed by atoms with van der Waals surface area (Å²) in [5, 5.41) is 8.75. The maximum Gasteiger partial charge on any atom is 0.245 e. The lowest BCUT2D eigenvalue weighted by molar-refractivity contribution is -0.147. The van der Waals surface area contributed by atoms with Crippen LogP contribution in [0.15, 0.2) is 18.2 Å². The van der Waals surface area contributed by atoms with Gasteiger partial charge in [-0.25, -0.2) is 8.78 Å². The number of nitrogens with zero attached hydrogens (tertiary/aromatic N) is 2. The average Bonchev–Trinajstić information content (AvgIpc) is 3.55. The van der Waals surface area contributed by atoms with E-state index in [9.17, 15) is 28.0 Å². The number of likely N-dealkylation sites (N-methyl/N-ethyl adjacent to an activating group) is 2. The molecule has 1 aliphatic heterocycles. The molecule has 0 radical (unpaired) electrons. The minimum absolute atomic E-state index is 0.0103. The third-order valence-corrected chi connectivity index (χ3v) is 10.8. The molecule has 12 nitrogen and oxygen atoms in total. The van der Waals surface area contributed by atoms with Gasteiger partial charge in [0.1, 0.15) is 17.7 Å². The van der Waals surface area contributed by atoms with Gasteiger partial charge < -0.3 is 40.0 Å². The van der Waals surface area contributed by atoms with Crippen molar-refractivity contribution in [3.8, 4) is 0 Å². The SMILES string of the molecule is CC[C@H](C)[C@@H]([C@@H](CC(=O)N1C[C@H](OC)C[C@@H]1[C@H](OC)[C@@H](C)C(=O)NCCc1c(F)cccc1F)OC)N(C)C(=O)[C@@H](NC(=O)[C@@H](NC)C(C)C)C(C)C. The van der Waals surface area contributed by atoms with E-state index in [0.717, 1.165) is 0 Å². The molecule has 9 atom stereocenters. The Morgan fingerprint density at radius 2 is 1.55 bits per heavy atom. The molecule has 302 valence electrons. The smallest absolute Gasteiger partial charge is 0.245 e. The van der Waals surface area contributed by atoms with Crippen LogP contribution in [0.5, 0.6) is 0 Å². The summed E-state index contributed by atoms with van der Waals surface area (Å²) < 4.78 is 45.8. The summed E-state index contributed by atoms with van der Waals surface area (Å²) in [5.41, 5.74) is -0.104. The fraction of sp³-hybridized carbons (Fsp3) is 0.744. The highest BCUT2D eigenvalue weighted by molar-refractivity contribution is 5.90. The van der Waals surface area contributed by atoms with Crippen molar-refractivity contribution in [1.82, 2.24) is 25.8 Å². The van der Waals surface area contributed by atoms with Crippen LogP contribution >= 0.6 is 0 Å². The van der Waals surface area contributed by atoms with Crippen LogP contribution in [0.25, 0.3) is 0 Å². The highest BCUT2D eigenvalue weighted by Gasteiger charge is 2.45. The minimum Gasteiger partial charge on any atom is -0.380 e. The highest BCUT2D eigenvalue weighted by atomic mass is 19.1. The minimum atomic E-state index is -0.798. The van der Waals surface area contributed by atoms with E-state index in [1.807, 2.05) is 41.5 Å². The van der Waals surface area contributed by atoms with E-state index in [4.69, 9.17) is 14.2 Å². The number of ether oxygens (including phenoxy) is 3. The van der Waals surface area contributed by atoms with Gasteiger partial charge in [0.05, 0.1) is 48.8 Å². The third kappa shape index (κ3) is 11.9. The van der Waals surface area contributed by atoms with E-state index in [0.29, 0.717) is 12.8 Å². The lowest BCUT2D eigenvalue weighted by Gasteiger charge is -2.41. The maximum absolute atomic E-state index is 14.3. The molecule has 4 amide bonds. The van der Waals surface area contributed by atoms with Gasteiger partial charge in [-0.15, -0.1) is 0 Å². The summed E-state index contributed by atoms with van der Waals surface area (Å²) in [4.78, 5) is 58.2. The van der Waals surface area contributed by atoms with Gasteiger partial charge in [-0.2, -0.15) is 0 Å². The Morgan fingerprint density at radius 3 is 2.04 bits per heavy atom. The molecule has 0 bridgehead atoms. The molecule has 0 spiro atoms. The molecular weight excluding hydrogens is 688 g/mol. The molecule has 53 heavy (non-hydrogen) atoms. The number of nitrogens with one attached hydrogen (secondary N) is 3. The van der Waals surface area contributed by atoms with Crippen LogP contribution in [-0.2, 0) is 39.8 Å². The lowest BCUT2D eigenvalue weighted by Crippen LogP contribution is -2.59. The fourth-order valence-electron chi connectivity index (χ4n) is 7.44. The number of hydrogen-bond donors (Lipinski definition) is 3. The number of carbonyl (C=O) groups is 4. The zero-order valence-electron chi connectivity index (χ0n) is 33.8. The van der Waals surface area contributed by atoms with E-state index < -0.39 is 53.9 Å². The number of benzene rings is 1. The molecule has 1 aromatic rings. The Bertz CT molecular complexity index is 1330. The molecule has 1 fully saturated rings. The van der Waals surface area contributed by atoms with Crippen LogP contribution in [0, 0.1) is 35.3 Å². The molecule has 0 saturated carbocycles. The number of hydrogen-bond acceptors (Lipinski definition) is 8. The zero-order valence-corrected chi connectivity index (χ0v) is 33.8. The van der Waals surface area contributed by atoms with Crippen LogP contribution in [0.2, 0.25) is 0 Å². The number of likely N-dealkylation sites (tertiary alicyclic amines) is 1. The van der Waals surface area contributed by atoms with Crippen molar-refractivity contribution < 1.29 is 42.2 Å². The van der Waals surface area contributed by atoms with Gasteiger partial charge in [-0.3, -0.25) is 19.2 Å². The van der Waals surface area contributed by atoms with E-state index in [1.165, 1.54) is 32.4 Å². The summed E-state index contributed by atoms with van der Waals surface area (Å²) in [5.74, 6) is -3.51. The first kappa shape index (κ1) is 46.0.